The number of nitrogens with zero attached hydrogens (tertiary/aromatic N) is 2. The van der Waals surface area contributed by atoms with Crippen molar-refractivity contribution in [2.24, 2.45) is 0 Å². The number of nitrogens with one attached hydrogen (secondary N) is 1. The zero-order valence-electron chi connectivity index (χ0n) is 18.6. The highest BCUT2D eigenvalue weighted by Gasteiger charge is 2.44. The predicted molar refractivity (Wildman–Crippen MR) is 127 cm³/mol. The highest BCUT2D eigenvalue weighted by molar-refractivity contribution is 7.10. The van der Waals surface area contributed by atoms with E-state index in [0.29, 0.717) is 30.0 Å². The molecule has 34 heavy (non-hydrogen) atoms. The number of amides is 2. The Morgan fingerprint density at radius 2 is 1.97 bits per heavy atom. The van der Waals surface area contributed by atoms with E-state index in [1.165, 1.54) is 36.6 Å². The van der Waals surface area contributed by atoms with E-state index in [9.17, 15) is 19.7 Å². The van der Waals surface area contributed by atoms with Crippen molar-refractivity contribution in [1.82, 2.24) is 4.90 Å². The molecule has 1 aliphatic rings. The second kappa shape index (κ2) is 10.0. The number of hydrogen-bond donors (Lipinski definition) is 1. The molecule has 1 aliphatic heterocycles. The van der Waals surface area contributed by atoms with Gasteiger partial charge < -0.3 is 19.7 Å². The van der Waals surface area contributed by atoms with Crippen molar-refractivity contribution in [3.63, 3.8) is 0 Å². The minimum atomic E-state index is -0.756. The van der Waals surface area contributed by atoms with Gasteiger partial charge in [0.1, 0.15) is 5.75 Å². The van der Waals surface area contributed by atoms with E-state index >= 15 is 0 Å². The zero-order chi connectivity index (χ0) is 24.2. The number of non-ortho nitro benzene ring substituents is 1. The maximum Gasteiger partial charge on any atom is 0.271 e. The van der Waals surface area contributed by atoms with Crippen LogP contribution >= 0.6 is 11.3 Å². The Balaban J connectivity index is 1.81. The smallest absolute Gasteiger partial charge is 0.271 e. The van der Waals surface area contributed by atoms with Gasteiger partial charge >= 0.3 is 0 Å². The van der Waals surface area contributed by atoms with E-state index in [1.54, 1.807) is 36.3 Å². The summed E-state index contributed by atoms with van der Waals surface area (Å²) >= 11 is 1.46. The summed E-state index contributed by atoms with van der Waals surface area (Å²) in [6.07, 6.45) is 0. The van der Waals surface area contributed by atoms with Crippen LogP contribution in [0.2, 0.25) is 0 Å². The van der Waals surface area contributed by atoms with E-state index in [2.05, 4.69) is 5.32 Å². The van der Waals surface area contributed by atoms with Crippen LogP contribution in [0.1, 0.15) is 32.8 Å². The molecule has 0 saturated carbocycles. The van der Waals surface area contributed by atoms with Gasteiger partial charge in [-0.15, -0.1) is 11.3 Å². The van der Waals surface area contributed by atoms with Crippen molar-refractivity contribution in [2.45, 2.75) is 12.0 Å². The maximum absolute atomic E-state index is 13.8. The molecule has 176 valence electrons. The van der Waals surface area contributed by atoms with Crippen molar-refractivity contribution in [3.8, 4) is 5.75 Å². The molecule has 0 saturated heterocycles. The van der Waals surface area contributed by atoms with Crippen LogP contribution in [0.15, 0.2) is 60.0 Å². The summed E-state index contributed by atoms with van der Waals surface area (Å²) in [5.74, 6) is -1.04. The molecule has 2 aromatic carbocycles. The molecule has 2 atom stereocenters. The lowest BCUT2D eigenvalue weighted by molar-refractivity contribution is -0.384. The number of ether oxygens (including phenoxy) is 2. The third kappa shape index (κ3) is 4.37. The third-order valence-corrected chi connectivity index (χ3v) is 6.69. The number of fused-ring (bicyclic) bond motifs is 1. The van der Waals surface area contributed by atoms with Crippen molar-refractivity contribution in [2.75, 3.05) is 32.7 Å². The fourth-order valence-corrected chi connectivity index (χ4v) is 5.08. The van der Waals surface area contributed by atoms with Gasteiger partial charge in [0.05, 0.1) is 36.3 Å². The maximum atomic E-state index is 13.8. The Bertz CT molecular complexity index is 1210. The molecule has 0 unspecified atom stereocenters. The minimum absolute atomic E-state index is 0.174. The molecule has 4 rings (SSSR count). The summed E-state index contributed by atoms with van der Waals surface area (Å²) < 4.78 is 10.5. The number of nitro groups is 1. The lowest BCUT2D eigenvalue weighted by atomic mass is 9.81. The van der Waals surface area contributed by atoms with Crippen molar-refractivity contribution >= 4 is 34.5 Å². The number of carbonyl (C=O) groups excluding carboxylic acids is 2. The SMILES string of the molecule is COCCN1C(=O)c2ccccc2[C@@H](C(=O)Nc2cc([N+](=O)[O-])ccc2OC)[C@H]1c1cccs1. The Kier molecular flexibility index (Phi) is 6.90. The van der Waals surface area contributed by atoms with E-state index in [-0.39, 0.29) is 17.3 Å². The van der Waals surface area contributed by atoms with Gasteiger partial charge in [0, 0.05) is 36.2 Å². The molecule has 2 heterocycles. The fraction of sp³-hybridized carbons (Fsp3) is 0.250. The average Bonchev–Trinajstić information content (AvgIpc) is 3.37. The first kappa shape index (κ1) is 23.4. The molecule has 0 bridgehead atoms. The molecule has 2 amide bonds. The van der Waals surface area contributed by atoms with Crippen LogP contribution in [0, 0.1) is 10.1 Å². The average molecular weight is 482 g/mol. The number of benzene rings is 2. The van der Waals surface area contributed by atoms with Crippen molar-refractivity contribution < 1.29 is 24.0 Å². The summed E-state index contributed by atoms with van der Waals surface area (Å²) in [6, 6.07) is 14.2. The molecule has 1 N–H and O–H groups in total. The van der Waals surface area contributed by atoms with Gasteiger partial charge in [-0.05, 0) is 29.1 Å². The molecule has 0 spiro atoms. The fourth-order valence-electron chi connectivity index (χ4n) is 4.20. The van der Waals surface area contributed by atoms with Crippen LogP contribution in [0.5, 0.6) is 5.75 Å². The molecule has 10 heteroatoms. The Hall–Kier alpha value is -3.76. The van der Waals surface area contributed by atoms with Gasteiger partial charge in [-0.25, -0.2) is 0 Å². The van der Waals surface area contributed by atoms with E-state index in [1.807, 2.05) is 17.5 Å². The topological polar surface area (TPSA) is 111 Å². The van der Waals surface area contributed by atoms with Crippen molar-refractivity contribution in [3.05, 3.63) is 86.1 Å². The van der Waals surface area contributed by atoms with Gasteiger partial charge in [0.25, 0.3) is 11.6 Å². The van der Waals surface area contributed by atoms with E-state index in [4.69, 9.17) is 9.47 Å². The van der Waals surface area contributed by atoms with Gasteiger partial charge in [-0.2, -0.15) is 0 Å². The van der Waals surface area contributed by atoms with Crippen LogP contribution < -0.4 is 10.1 Å². The Morgan fingerprint density at radius 1 is 1.18 bits per heavy atom. The number of anilines is 1. The van der Waals surface area contributed by atoms with E-state index in [0.717, 1.165) is 4.88 Å². The number of carbonyl (C=O) groups is 2. The second-order valence-corrected chi connectivity index (χ2v) is 8.63. The number of hydrogen-bond acceptors (Lipinski definition) is 7. The summed E-state index contributed by atoms with van der Waals surface area (Å²) in [5.41, 5.74) is 1.05. The van der Waals surface area contributed by atoms with Crippen LogP contribution in [-0.4, -0.2) is 49.0 Å². The van der Waals surface area contributed by atoms with Gasteiger partial charge in [-0.3, -0.25) is 19.7 Å². The first-order chi connectivity index (χ1) is 16.5. The molecule has 3 aromatic rings. The molecule has 9 nitrogen and oxygen atoms in total. The van der Waals surface area contributed by atoms with E-state index < -0.39 is 22.8 Å². The lowest BCUT2D eigenvalue weighted by Gasteiger charge is -2.41. The molecule has 1 aromatic heterocycles. The lowest BCUT2D eigenvalue weighted by Crippen LogP contribution is -2.47. The predicted octanol–water partition coefficient (Wildman–Crippen LogP) is 4.23. The molecular weight excluding hydrogens is 458 g/mol. The summed E-state index contributed by atoms with van der Waals surface area (Å²) in [7, 11) is 2.98. The second-order valence-electron chi connectivity index (χ2n) is 7.65. The summed E-state index contributed by atoms with van der Waals surface area (Å²) in [4.78, 5) is 40.5. The highest BCUT2D eigenvalue weighted by Crippen LogP contribution is 2.45. The summed E-state index contributed by atoms with van der Waals surface area (Å²) in [6.45, 7) is 0.610. The zero-order valence-corrected chi connectivity index (χ0v) is 19.4. The monoisotopic (exact) mass is 481 g/mol. The van der Waals surface area contributed by atoms with Gasteiger partial charge in [-0.1, -0.05) is 24.3 Å². The molecule has 0 aliphatic carbocycles. The number of rotatable bonds is 8. The third-order valence-electron chi connectivity index (χ3n) is 5.74. The van der Waals surface area contributed by atoms with Crippen LogP contribution in [0.4, 0.5) is 11.4 Å². The van der Waals surface area contributed by atoms with Gasteiger partial charge in [0.2, 0.25) is 5.91 Å². The number of nitro benzene ring substituents is 1. The minimum Gasteiger partial charge on any atom is -0.495 e. The van der Waals surface area contributed by atoms with Crippen LogP contribution in [-0.2, 0) is 9.53 Å². The molecule has 0 fully saturated rings. The standard InChI is InChI=1S/C24H23N3O6S/c1-32-12-11-26-22(20-8-5-13-34-20)21(16-6-3-4-7-17(16)24(26)29)23(28)25-18-14-15(27(30)31)9-10-19(18)33-2/h3-10,13-14,21-22H,11-12H2,1-2H3,(H,25,28)/t21-,22-/m1/s1. The normalized spacial score (nSPS) is 17.2. The van der Waals surface area contributed by atoms with Crippen LogP contribution in [0.3, 0.4) is 0 Å². The van der Waals surface area contributed by atoms with Crippen molar-refractivity contribution in [1.29, 1.82) is 0 Å². The molecular formula is C24H23N3O6S. The summed E-state index contributed by atoms with van der Waals surface area (Å²) in [5, 5.41) is 16.0. The van der Waals surface area contributed by atoms with Crippen LogP contribution in [0.25, 0.3) is 0 Å². The largest absolute Gasteiger partial charge is 0.495 e. The Labute approximate surface area is 200 Å². The quantitative estimate of drug-likeness (QED) is 0.381. The van der Waals surface area contributed by atoms with Gasteiger partial charge in [0.15, 0.2) is 0 Å². The first-order valence-corrected chi connectivity index (χ1v) is 11.4. The first-order valence-electron chi connectivity index (χ1n) is 10.5. The Morgan fingerprint density at radius 3 is 2.65 bits per heavy atom. The molecule has 0 radical (unpaired) electrons. The number of methoxy groups -OCH3 is 2. The number of thiophene rings is 1. The highest BCUT2D eigenvalue weighted by atomic mass is 32.1.